The van der Waals surface area contributed by atoms with Crippen molar-refractivity contribution in [3.05, 3.63) is 64.7 Å². The van der Waals surface area contributed by atoms with E-state index in [4.69, 9.17) is 16.4 Å². The highest BCUT2D eigenvalue weighted by molar-refractivity contribution is 7.90. The van der Waals surface area contributed by atoms with Crippen molar-refractivity contribution in [2.75, 3.05) is 33.2 Å². The number of carbonyl (C=O) groups is 1. The topological polar surface area (TPSA) is 82.5 Å². The number of hydrogen-bond donors (Lipinski definition) is 0. The van der Waals surface area contributed by atoms with Gasteiger partial charge in [-0.3, -0.25) is 9.63 Å². The lowest BCUT2D eigenvalue weighted by atomic mass is 9.94. The lowest BCUT2D eigenvalue weighted by Gasteiger charge is -2.39. The first-order chi connectivity index (χ1) is 15.9. The quantitative estimate of drug-likeness (QED) is 0.321. The third-order valence-corrected chi connectivity index (χ3v) is 7.17. The van der Waals surface area contributed by atoms with Crippen LogP contribution in [0.5, 0.6) is 0 Å². The average Bonchev–Trinajstić information content (AvgIpc) is 3.08. The van der Waals surface area contributed by atoms with Crippen LogP contribution in [0.2, 0.25) is 5.02 Å². The molecule has 0 bridgehead atoms. The zero-order chi connectivity index (χ0) is 25.3. The Balaban J connectivity index is 2.12. The standard InChI is InChI=1S/C24H29ClN4O4S/c1-17-15-24(2,23(30)28(5)33-6)29(22(17)18-7-9-19(25)10-8-18)20-11-13-21(14-12-20)34(31,32)26-16-27(3)4/h7-14,16H,15H2,1-6H3. The average molecular weight is 505 g/mol. The van der Waals surface area contributed by atoms with Gasteiger partial charge in [0.2, 0.25) is 0 Å². The Bertz CT molecular complexity index is 1220. The summed E-state index contributed by atoms with van der Waals surface area (Å²) in [6.07, 6.45) is 1.70. The van der Waals surface area contributed by atoms with E-state index in [1.165, 1.54) is 30.6 Å². The first-order valence-corrected chi connectivity index (χ1v) is 12.4. The molecule has 2 aromatic carbocycles. The Labute approximate surface area is 206 Å². The van der Waals surface area contributed by atoms with E-state index in [1.807, 2.05) is 30.9 Å². The Morgan fingerprint density at radius 3 is 2.24 bits per heavy atom. The molecule has 34 heavy (non-hydrogen) atoms. The van der Waals surface area contributed by atoms with Gasteiger partial charge in [0.25, 0.3) is 15.9 Å². The van der Waals surface area contributed by atoms with Gasteiger partial charge in [-0.15, -0.1) is 4.40 Å². The zero-order valence-corrected chi connectivity index (χ0v) is 21.7. The number of hydroxylamine groups is 2. The summed E-state index contributed by atoms with van der Waals surface area (Å²) in [7, 11) is 2.54. The van der Waals surface area contributed by atoms with Crippen LogP contribution < -0.4 is 4.90 Å². The summed E-state index contributed by atoms with van der Waals surface area (Å²) in [5, 5.41) is 1.82. The molecule has 10 heteroatoms. The van der Waals surface area contributed by atoms with E-state index in [0.29, 0.717) is 17.1 Å². The number of sulfonamides is 1. The maximum Gasteiger partial charge on any atom is 0.283 e. The largest absolute Gasteiger partial charge is 0.368 e. The molecule has 1 unspecified atom stereocenters. The van der Waals surface area contributed by atoms with Crippen LogP contribution in [0, 0.1) is 0 Å². The lowest BCUT2D eigenvalue weighted by molar-refractivity contribution is -0.173. The molecule has 182 valence electrons. The van der Waals surface area contributed by atoms with Crippen molar-refractivity contribution in [1.29, 1.82) is 0 Å². The van der Waals surface area contributed by atoms with Crippen molar-refractivity contribution in [1.82, 2.24) is 9.96 Å². The number of anilines is 1. The molecular formula is C24H29ClN4O4S. The summed E-state index contributed by atoms with van der Waals surface area (Å²) in [5.41, 5.74) is 2.43. The van der Waals surface area contributed by atoms with Gasteiger partial charge in [0, 0.05) is 44.0 Å². The van der Waals surface area contributed by atoms with Crippen molar-refractivity contribution in [3.63, 3.8) is 0 Å². The fraction of sp³-hybridized carbons (Fsp3) is 0.333. The highest BCUT2D eigenvalue weighted by Crippen LogP contribution is 2.46. The van der Waals surface area contributed by atoms with Crippen LogP contribution >= 0.6 is 11.6 Å². The summed E-state index contributed by atoms with van der Waals surface area (Å²) in [6.45, 7) is 3.83. The molecule has 0 aromatic heterocycles. The van der Waals surface area contributed by atoms with E-state index < -0.39 is 15.6 Å². The summed E-state index contributed by atoms with van der Waals surface area (Å²) >= 11 is 6.10. The predicted molar refractivity (Wildman–Crippen MR) is 135 cm³/mol. The van der Waals surface area contributed by atoms with Gasteiger partial charge in [-0.05, 0) is 61.4 Å². The maximum atomic E-state index is 13.4. The molecule has 0 fully saturated rings. The number of nitrogens with zero attached hydrogens (tertiary/aromatic N) is 4. The van der Waals surface area contributed by atoms with Crippen LogP contribution in [0.25, 0.3) is 5.70 Å². The Morgan fingerprint density at radius 2 is 1.71 bits per heavy atom. The maximum absolute atomic E-state index is 13.4. The van der Waals surface area contributed by atoms with Gasteiger partial charge in [-0.2, -0.15) is 8.42 Å². The van der Waals surface area contributed by atoms with E-state index in [9.17, 15) is 13.2 Å². The fourth-order valence-electron chi connectivity index (χ4n) is 4.09. The molecule has 3 rings (SSSR count). The third kappa shape index (κ3) is 4.96. The van der Waals surface area contributed by atoms with Crippen molar-refractivity contribution in [3.8, 4) is 0 Å². The Kier molecular flexibility index (Phi) is 7.40. The third-order valence-electron chi connectivity index (χ3n) is 5.68. The molecule has 1 atom stereocenters. The summed E-state index contributed by atoms with van der Waals surface area (Å²) in [6, 6.07) is 13.8. The molecule has 0 aliphatic carbocycles. The predicted octanol–water partition coefficient (Wildman–Crippen LogP) is 4.04. The van der Waals surface area contributed by atoms with Gasteiger partial charge in [-0.1, -0.05) is 23.7 Å². The highest BCUT2D eigenvalue weighted by atomic mass is 35.5. The van der Waals surface area contributed by atoms with Crippen molar-refractivity contribution in [2.45, 2.75) is 30.7 Å². The normalized spacial score (nSPS) is 18.6. The highest BCUT2D eigenvalue weighted by Gasteiger charge is 2.48. The van der Waals surface area contributed by atoms with Gasteiger partial charge >= 0.3 is 0 Å². The minimum Gasteiger partial charge on any atom is -0.368 e. The van der Waals surface area contributed by atoms with Crippen LogP contribution in [0.15, 0.2) is 63.4 Å². The molecule has 1 aliphatic heterocycles. The number of likely N-dealkylation sites (N-methyl/N-ethyl adjacent to an activating group) is 1. The molecule has 0 N–H and O–H groups in total. The molecule has 1 amide bonds. The Hall–Kier alpha value is -2.88. The fourth-order valence-corrected chi connectivity index (χ4v) is 5.13. The molecule has 0 saturated carbocycles. The lowest BCUT2D eigenvalue weighted by Crippen LogP contribution is -2.54. The van der Waals surface area contributed by atoms with Crippen molar-refractivity contribution < 1.29 is 18.0 Å². The van der Waals surface area contributed by atoms with E-state index in [1.54, 1.807) is 50.3 Å². The van der Waals surface area contributed by atoms with Gasteiger partial charge < -0.3 is 9.80 Å². The van der Waals surface area contributed by atoms with Crippen LogP contribution in [-0.4, -0.2) is 64.4 Å². The van der Waals surface area contributed by atoms with E-state index in [2.05, 4.69) is 4.40 Å². The molecule has 0 saturated heterocycles. The minimum atomic E-state index is -3.85. The van der Waals surface area contributed by atoms with Crippen molar-refractivity contribution >= 4 is 45.3 Å². The molecular weight excluding hydrogens is 476 g/mol. The van der Waals surface area contributed by atoms with Crippen LogP contribution in [0.1, 0.15) is 25.8 Å². The van der Waals surface area contributed by atoms with Crippen LogP contribution in [-0.2, 0) is 19.7 Å². The van der Waals surface area contributed by atoms with Crippen LogP contribution in [0.3, 0.4) is 0 Å². The molecule has 2 aromatic rings. The SMILES string of the molecule is CON(C)C(=O)C1(C)CC(C)=C(c2ccc(Cl)cc2)N1c1ccc(S(=O)(=O)N=CN(C)C)cc1. The van der Waals surface area contributed by atoms with Gasteiger partial charge in [-0.25, -0.2) is 5.06 Å². The second kappa shape index (κ2) is 9.77. The summed E-state index contributed by atoms with van der Waals surface area (Å²) < 4.78 is 28.8. The molecule has 1 heterocycles. The zero-order valence-electron chi connectivity index (χ0n) is 20.1. The summed E-state index contributed by atoms with van der Waals surface area (Å²) in [5.74, 6) is -0.231. The number of halogens is 1. The van der Waals surface area contributed by atoms with Gasteiger partial charge in [0.15, 0.2) is 0 Å². The van der Waals surface area contributed by atoms with E-state index in [-0.39, 0.29) is 10.8 Å². The minimum absolute atomic E-state index is 0.0596. The molecule has 8 nitrogen and oxygen atoms in total. The summed E-state index contributed by atoms with van der Waals surface area (Å²) in [4.78, 5) is 22.2. The molecule has 0 radical (unpaired) electrons. The van der Waals surface area contributed by atoms with Crippen molar-refractivity contribution in [2.24, 2.45) is 4.40 Å². The first-order valence-electron chi connectivity index (χ1n) is 10.6. The monoisotopic (exact) mass is 504 g/mol. The number of amides is 1. The smallest absolute Gasteiger partial charge is 0.283 e. The second-order valence-corrected chi connectivity index (χ2v) is 10.6. The van der Waals surface area contributed by atoms with Crippen LogP contribution in [0.4, 0.5) is 5.69 Å². The van der Waals surface area contributed by atoms with E-state index >= 15 is 0 Å². The van der Waals surface area contributed by atoms with Gasteiger partial charge in [0.1, 0.15) is 11.9 Å². The Morgan fingerprint density at radius 1 is 1.12 bits per heavy atom. The number of hydrogen-bond acceptors (Lipinski definition) is 5. The van der Waals surface area contributed by atoms with Gasteiger partial charge in [0.05, 0.1) is 12.0 Å². The first kappa shape index (κ1) is 25.7. The molecule has 1 aliphatic rings. The number of benzene rings is 2. The number of carbonyl (C=O) groups excluding carboxylic acids is 1. The second-order valence-electron chi connectivity index (χ2n) is 8.56. The number of rotatable bonds is 7. The van der Waals surface area contributed by atoms with E-state index in [0.717, 1.165) is 16.8 Å². The molecule has 0 spiro atoms.